The van der Waals surface area contributed by atoms with E-state index in [2.05, 4.69) is 30.2 Å². The van der Waals surface area contributed by atoms with E-state index in [9.17, 15) is 4.79 Å². The maximum absolute atomic E-state index is 13.2. The van der Waals surface area contributed by atoms with Gasteiger partial charge >= 0.3 is 0 Å². The highest BCUT2D eigenvalue weighted by molar-refractivity contribution is 6.02. The Morgan fingerprint density at radius 2 is 1.88 bits per heavy atom. The van der Waals surface area contributed by atoms with Gasteiger partial charge in [0.25, 0.3) is 0 Å². The minimum atomic E-state index is -0.489. The number of fused-ring (bicyclic) bond motifs is 2. The van der Waals surface area contributed by atoms with Crippen LogP contribution in [0.5, 0.6) is 11.5 Å². The Morgan fingerprint density at radius 1 is 1.09 bits per heavy atom. The molecule has 6 nitrogen and oxygen atoms in total. The molecule has 2 N–H and O–H groups in total. The quantitative estimate of drug-likeness (QED) is 0.542. The molecule has 32 heavy (non-hydrogen) atoms. The molecule has 3 aromatic rings. The van der Waals surface area contributed by atoms with Crippen LogP contribution < -0.4 is 14.8 Å². The summed E-state index contributed by atoms with van der Waals surface area (Å²) in [4.78, 5) is 16.8. The van der Waals surface area contributed by atoms with Crippen molar-refractivity contribution in [3.8, 4) is 11.5 Å². The maximum Gasteiger partial charge on any atom is 0.235 e. The van der Waals surface area contributed by atoms with Crippen molar-refractivity contribution in [3.63, 3.8) is 0 Å². The molecule has 6 heteroatoms. The molecule has 0 atom stereocenters. The number of anilines is 1. The topological polar surface area (TPSA) is 75.9 Å². The van der Waals surface area contributed by atoms with Gasteiger partial charge < -0.3 is 24.5 Å². The van der Waals surface area contributed by atoms with Gasteiger partial charge in [-0.25, -0.2) is 0 Å². The number of aromatic amines is 1. The Labute approximate surface area is 186 Å². The molecule has 164 valence electrons. The Balaban J connectivity index is 1.23. The second-order valence-corrected chi connectivity index (χ2v) is 9.73. The van der Waals surface area contributed by atoms with Crippen LogP contribution in [0.2, 0.25) is 0 Å². The number of hydrogen-bond acceptors (Lipinski definition) is 4. The summed E-state index contributed by atoms with van der Waals surface area (Å²) in [7, 11) is 0. The zero-order valence-corrected chi connectivity index (χ0v) is 18.5. The van der Waals surface area contributed by atoms with E-state index in [0.29, 0.717) is 5.75 Å². The predicted molar refractivity (Wildman–Crippen MR) is 122 cm³/mol. The van der Waals surface area contributed by atoms with Crippen molar-refractivity contribution in [2.75, 3.05) is 12.1 Å². The van der Waals surface area contributed by atoms with Gasteiger partial charge in [-0.1, -0.05) is 19.9 Å². The van der Waals surface area contributed by atoms with Gasteiger partial charge in [-0.2, -0.15) is 0 Å². The van der Waals surface area contributed by atoms with E-state index in [-0.39, 0.29) is 18.1 Å². The molecule has 1 aromatic heterocycles. The van der Waals surface area contributed by atoms with Crippen LogP contribution in [0, 0.1) is 0 Å². The van der Waals surface area contributed by atoms with Crippen molar-refractivity contribution in [2.45, 2.75) is 50.9 Å². The second kappa shape index (κ2) is 6.55. The highest BCUT2D eigenvalue weighted by Gasteiger charge is 2.51. The number of amides is 1. The molecule has 3 aliphatic rings. The van der Waals surface area contributed by atoms with E-state index >= 15 is 0 Å². The van der Waals surface area contributed by atoms with Crippen molar-refractivity contribution in [1.29, 1.82) is 0 Å². The summed E-state index contributed by atoms with van der Waals surface area (Å²) in [5.41, 5.74) is 3.46. The molecular formula is C26H26N2O4. The van der Waals surface area contributed by atoms with Crippen LogP contribution in [-0.4, -0.2) is 17.7 Å². The molecule has 3 heterocycles. The Bertz CT molecular complexity index is 1300. The Morgan fingerprint density at radius 3 is 2.62 bits per heavy atom. The fourth-order valence-corrected chi connectivity index (χ4v) is 4.61. The minimum Gasteiger partial charge on any atom is -0.459 e. The van der Waals surface area contributed by atoms with Crippen molar-refractivity contribution in [1.82, 2.24) is 4.98 Å². The highest BCUT2D eigenvalue weighted by atomic mass is 16.7. The molecule has 0 radical (unpaired) electrons. The third-order valence-corrected chi connectivity index (χ3v) is 6.95. The molecule has 0 saturated heterocycles. The number of hydrogen-bond donors (Lipinski definition) is 2. The second-order valence-electron chi connectivity index (χ2n) is 9.73. The summed E-state index contributed by atoms with van der Waals surface area (Å²) in [5, 5.41) is 4.23. The van der Waals surface area contributed by atoms with Crippen molar-refractivity contribution in [3.05, 3.63) is 65.2 Å². The van der Waals surface area contributed by atoms with Crippen LogP contribution in [0.3, 0.4) is 0 Å². The summed E-state index contributed by atoms with van der Waals surface area (Å²) in [6.07, 6.45) is 2.54. The lowest BCUT2D eigenvalue weighted by molar-refractivity contribution is -0.118. The van der Waals surface area contributed by atoms with Gasteiger partial charge in [0.1, 0.15) is 11.5 Å². The first-order valence-electron chi connectivity index (χ1n) is 11.1. The first-order chi connectivity index (χ1) is 15.3. The number of nitrogens with one attached hydrogen (secondary N) is 2. The fraction of sp³-hybridized carbons (Fsp3) is 0.346. The van der Waals surface area contributed by atoms with E-state index in [1.807, 2.05) is 43.3 Å². The lowest BCUT2D eigenvalue weighted by Gasteiger charge is -2.20. The minimum absolute atomic E-state index is 0.0279. The summed E-state index contributed by atoms with van der Waals surface area (Å²) in [6.45, 7) is 6.66. The smallest absolute Gasteiger partial charge is 0.235 e. The van der Waals surface area contributed by atoms with E-state index in [0.717, 1.165) is 64.4 Å². The van der Waals surface area contributed by atoms with E-state index in [4.69, 9.17) is 14.2 Å². The average Bonchev–Trinajstić information content (AvgIpc) is 3.58. The lowest BCUT2D eigenvalue weighted by Crippen LogP contribution is -2.27. The normalized spacial score (nSPS) is 18.0. The van der Waals surface area contributed by atoms with Gasteiger partial charge in [-0.05, 0) is 61.7 Å². The van der Waals surface area contributed by atoms with Crippen LogP contribution in [0.15, 0.2) is 54.0 Å². The van der Waals surface area contributed by atoms with E-state index in [1.54, 1.807) is 0 Å². The van der Waals surface area contributed by atoms with Crippen LogP contribution in [0.1, 0.15) is 51.3 Å². The third kappa shape index (κ3) is 3.13. The van der Waals surface area contributed by atoms with Gasteiger partial charge in [0.15, 0.2) is 11.5 Å². The summed E-state index contributed by atoms with van der Waals surface area (Å²) in [6, 6.07) is 14.0. The zero-order chi connectivity index (χ0) is 22.1. The molecular weight excluding hydrogens is 404 g/mol. The summed E-state index contributed by atoms with van der Waals surface area (Å²) < 4.78 is 16.4. The van der Waals surface area contributed by atoms with Gasteiger partial charge in [0, 0.05) is 34.1 Å². The van der Waals surface area contributed by atoms with Crippen molar-refractivity contribution < 1.29 is 19.0 Å². The molecule has 1 saturated carbocycles. The molecule has 2 aliphatic heterocycles. The zero-order valence-electron chi connectivity index (χ0n) is 18.5. The number of rotatable bonds is 6. The molecule has 2 aromatic carbocycles. The van der Waals surface area contributed by atoms with Gasteiger partial charge in [-0.15, -0.1) is 0 Å². The number of benzene rings is 2. The monoisotopic (exact) mass is 430 g/mol. The number of ether oxygens (including phenoxy) is 3. The average molecular weight is 431 g/mol. The number of carbonyl (C=O) groups is 1. The molecule has 0 unspecified atom stereocenters. The summed E-state index contributed by atoms with van der Waals surface area (Å²) >= 11 is 0. The van der Waals surface area contributed by atoms with E-state index in [1.165, 1.54) is 0 Å². The SMILES string of the molecule is CC1=C(CC(C)(C)c2cc3cc(NC(=O)C4(c5ccc6c(c5)OCO6)CC4)ccc3[nH]2)O1. The highest BCUT2D eigenvalue weighted by Crippen LogP contribution is 2.51. The molecule has 0 spiro atoms. The maximum atomic E-state index is 13.2. The molecule has 1 aliphatic carbocycles. The predicted octanol–water partition coefficient (Wildman–Crippen LogP) is 5.50. The number of carbonyl (C=O) groups excluding carboxylic acids is 1. The number of H-pyrrole nitrogens is 1. The van der Waals surface area contributed by atoms with E-state index < -0.39 is 5.41 Å². The van der Waals surface area contributed by atoms with Crippen LogP contribution in [0.4, 0.5) is 5.69 Å². The first kappa shape index (κ1) is 19.3. The van der Waals surface area contributed by atoms with Crippen LogP contribution in [0.25, 0.3) is 10.9 Å². The largest absolute Gasteiger partial charge is 0.459 e. The third-order valence-electron chi connectivity index (χ3n) is 6.95. The Kier molecular flexibility index (Phi) is 3.95. The lowest BCUT2D eigenvalue weighted by atomic mass is 9.85. The number of aromatic nitrogens is 1. The fourth-order valence-electron chi connectivity index (χ4n) is 4.61. The standard InChI is InChI=1S/C26H26N2O4/c1-15-22(32-15)13-25(2,3)23-11-16-10-18(5-6-19(16)28-23)27-24(29)26(8-9-26)17-4-7-20-21(12-17)31-14-30-20/h4-7,10-12,28H,8-9,13-14H2,1-3H3,(H,27,29). The van der Waals surface area contributed by atoms with Crippen molar-refractivity contribution in [2.24, 2.45) is 0 Å². The summed E-state index contributed by atoms with van der Waals surface area (Å²) in [5.74, 6) is 3.60. The molecule has 1 fully saturated rings. The number of allylic oxidation sites excluding steroid dienone is 2. The van der Waals surface area contributed by atoms with Gasteiger partial charge in [-0.3, -0.25) is 4.79 Å². The van der Waals surface area contributed by atoms with Gasteiger partial charge in [0.05, 0.1) is 5.41 Å². The molecule has 6 rings (SSSR count). The molecule has 1 amide bonds. The van der Waals surface area contributed by atoms with Crippen molar-refractivity contribution >= 4 is 22.5 Å². The van der Waals surface area contributed by atoms with Crippen LogP contribution in [-0.2, 0) is 20.4 Å². The van der Waals surface area contributed by atoms with Crippen LogP contribution >= 0.6 is 0 Å². The van der Waals surface area contributed by atoms with Gasteiger partial charge in [0.2, 0.25) is 12.7 Å². The Hall–Kier alpha value is -3.41. The molecule has 0 bridgehead atoms. The first-order valence-corrected chi connectivity index (χ1v) is 11.1.